The summed E-state index contributed by atoms with van der Waals surface area (Å²) in [5, 5.41) is 44.7. The molecule has 0 saturated heterocycles. The van der Waals surface area contributed by atoms with Gasteiger partial charge in [-0.3, -0.25) is 8.63 Å². The van der Waals surface area contributed by atoms with Gasteiger partial charge in [0.05, 0.1) is 0 Å². The first-order valence-electron chi connectivity index (χ1n) is 17.1. The van der Waals surface area contributed by atoms with Crippen LogP contribution in [0.4, 0.5) is 17.3 Å². The zero-order valence-corrected chi connectivity index (χ0v) is 28.7. The summed E-state index contributed by atoms with van der Waals surface area (Å²) in [6.45, 7) is 4.48. The second-order valence-corrected chi connectivity index (χ2v) is 11.2. The van der Waals surface area contributed by atoms with Gasteiger partial charge in [0.2, 0.25) is 0 Å². The van der Waals surface area contributed by atoms with Crippen LogP contribution < -0.4 is 9.31 Å². The van der Waals surface area contributed by atoms with Gasteiger partial charge in [0, 0.05) is 0 Å². The summed E-state index contributed by atoms with van der Waals surface area (Å²) in [5.74, 6) is 0.722. The van der Waals surface area contributed by atoms with Crippen molar-refractivity contribution in [3.63, 3.8) is 0 Å². The number of benzene rings is 2. The molecule has 6 N–H and O–H groups in total. The predicted molar refractivity (Wildman–Crippen MR) is 188 cm³/mol. The van der Waals surface area contributed by atoms with Crippen LogP contribution in [0.5, 0.6) is 11.5 Å². The molecule has 0 aromatic heterocycles. The molecule has 2 aromatic carbocycles. The summed E-state index contributed by atoms with van der Waals surface area (Å²) in [6, 6.07) is 14.5. The normalized spacial score (nSPS) is 9.92. The second kappa shape index (κ2) is 34.6. The van der Waals surface area contributed by atoms with Crippen molar-refractivity contribution in [1.29, 1.82) is 0 Å². The van der Waals surface area contributed by atoms with Gasteiger partial charge in [0.25, 0.3) is 0 Å². The molecule has 16 heteroatoms. The lowest BCUT2D eigenvalue weighted by Gasteiger charge is -2.05. The van der Waals surface area contributed by atoms with Crippen LogP contribution in [0.25, 0.3) is 0 Å². The Morgan fingerprint density at radius 1 is 0.417 bits per heavy atom. The molecule has 0 aliphatic carbocycles. The molecule has 8 nitrogen and oxygen atoms in total. The summed E-state index contributed by atoms with van der Waals surface area (Å²) < 4.78 is 53.8. The summed E-state index contributed by atoms with van der Waals surface area (Å²) in [4.78, 5) is 0. The van der Waals surface area contributed by atoms with Crippen LogP contribution in [0.1, 0.15) is 128 Å². The lowest BCUT2D eigenvalue weighted by molar-refractivity contribution is 0.338. The van der Waals surface area contributed by atoms with Gasteiger partial charge < -0.3 is 39.5 Å². The number of hydrogen-bond donors (Lipinski definition) is 6. The monoisotopic (exact) mass is 688 g/mol. The third kappa shape index (κ3) is 38.2. The first kappa shape index (κ1) is 47.9. The highest BCUT2D eigenvalue weighted by molar-refractivity contribution is 6.35. The van der Waals surface area contributed by atoms with E-state index >= 15 is 0 Å². The topological polar surface area (TPSA) is 140 Å². The third-order valence-corrected chi connectivity index (χ3v) is 6.95. The first-order chi connectivity index (χ1) is 22.9. The summed E-state index contributed by atoms with van der Waals surface area (Å²) >= 11 is 0. The van der Waals surface area contributed by atoms with E-state index in [0.29, 0.717) is 11.5 Å². The zero-order chi connectivity index (χ0) is 36.4. The largest absolute Gasteiger partial charge is 0.751 e. The number of hydrogen-bond acceptors (Lipinski definition) is 8. The maximum Gasteiger partial charge on any atom is 0.751 e. The Kier molecular flexibility index (Phi) is 34.6. The number of halogens is 4. The van der Waals surface area contributed by atoms with Crippen LogP contribution in [0.2, 0.25) is 0 Å². The first-order valence-corrected chi connectivity index (χ1v) is 17.1. The van der Waals surface area contributed by atoms with E-state index in [4.69, 9.17) is 30.1 Å². The molecule has 0 spiro atoms. The molecule has 0 unspecified atom stereocenters. The summed E-state index contributed by atoms with van der Waals surface area (Å²) in [7, 11) is -9.82. The quantitative estimate of drug-likeness (QED) is 0.0433. The molecule has 0 heterocycles. The second-order valence-electron chi connectivity index (χ2n) is 11.2. The van der Waals surface area contributed by atoms with Crippen molar-refractivity contribution in [2.75, 3.05) is 0 Å². The fourth-order valence-corrected chi connectivity index (χ4v) is 4.62. The van der Waals surface area contributed by atoms with Crippen LogP contribution in [-0.2, 0) is 12.8 Å². The molecule has 0 saturated carbocycles. The molecule has 2 aromatic rings. The fourth-order valence-electron chi connectivity index (χ4n) is 4.62. The van der Waals surface area contributed by atoms with Gasteiger partial charge >= 0.3 is 29.6 Å². The number of rotatable bonds is 22. The minimum atomic E-state index is -2.67. The van der Waals surface area contributed by atoms with E-state index in [-0.39, 0.29) is 0 Å². The number of unbranched alkanes of at least 4 members (excludes halogenated alkanes) is 14. The van der Waals surface area contributed by atoms with Crippen molar-refractivity contribution >= 4 is 29.6 Å². The molecular weight excluding hydrogens is 632 g/mol. The van der Waals surface area contributed by atoms with Crippen LogP contribution in [0, 0.1) is 0 Å². The predicted octanol–water partition coefficient (Wildman–Crippen LogP) is 7.24. The molecule has 0 bridgehead atoms. The Labute approximate surface area is 286 Å². The van der Waals surface area contributed by atoms with Crippen molar-refractivity contribution in [2.45, 2.75) is 129 Å². The van der Waals surface area contributed by atoms with E-state index < -0.39 is 29.6 Å². The molecule has 0 radical (unpaired) electrons. The minimum absolute atomic E-state index is 0.361. The molecule has 0 aliphatic rings. The van der Waals surface area contributed by atoms with E-state index in [1.54, 1.807) is 24.3 Å². The standard InChI is InChI=1S/2C16H26BFO2.2BFH2O2/c2*1-2-3-4-5-6-7-8-9-10-15-11-13-16(14-12-15)20-17(18)19;2*2-1(3)4/h2*11-14,19H,2-10H2,1H3;2*3-4H. The summed E-state index contributed by atoms with van der Waals surface area (Å²) in [5.41, 5.74) is 2.47. The minimum Gasteiger partial charge on any atom is -0.509 e. The van der Waals surface area contributed by atoms with Gasteiger partial charge in [0.1, 0.15) is 11.5 Å². The summed E-state index contributed by atoms with van der Waals surface area (Å²) in [6.07, 6.45) is 23.2. The lowest BCUT2D eigenvalue weighted by Crippen LogP contribution is -2.14. The zero-order valence-electron chi connectivity index (χ0n) is 28.7. The van der Waals surface area contributed by atoms with Gasteiger partial charge in [0.15, 0.2) is 0 Å². The van der Waals surface area contributed by atoms with Crippen LogP contribution in [0.15, 0.2) is 48.5 Å². The maximum absolute atomic E-state index is 12.2. The molecule has 272 valence electrons. The van der Waals surface area contributed by atoms with Crippen molar-refractivity contribution < 1.29 is 56.7 Å². The van der Waals surface area contributed by atoms with Crippen molar-refractivity contribution in [2.24, 2.45) is 0 Å². The van der Waals surface area contributed by atoms with E-state index in [0.717, 1.165) is 12.8 Å². The van der Waals surface area contributed by atoms with Crippen molar-refractivity contribution in [1.82, 2.24) is 0 Å². The molecule has 0 amide bonds. The smallest absolute Gasteiger partial charge is 0.509 e. The fraction of sp³-hybridized carbons (Fsp3) is 0.625. The SMILES string of the molecule is CCCCCCCCCCc1ccc(OB(O)F)cc1.CCCCCCCCCCc1ccc(OB(O)F)cc1.OB(O)F.OB(O)F. The van der Waals surface area contributed by atoms with Crippen molar-refractivity contribution in [3.05, 3.63) is 59.7 Å². The van der Waals surface area contributed by atoms with Gasteiger partial charge in [-0.05, 0) is 61.1 Å². The van der Waals surface area contributed by atoms with Gasteiger partial charge in [-0.1, -0.05) is 128 Å². The Morgan fingerprint density at radius 2 is 0.646 bits per heavy atom. The van der Waals surface area contributed by atoms with Crippen molar-refractivity contribution in [3.8, 4) is 11.5 Å². The van der Waals surface area contributed by atoms with Gasteiger partial charge in [-0.15, -0.1) is 0 Å². The number of aryl methyl sites for hydroxylation is 2. The lowest BCUT2D eigenvalue weighted by atomic mass is 10.0. The molecule has 0 atom stereocenters. The maximum atomic E-state index is 12.2. The Balaban J connectivity index is 0. The Morgan fingerprint density at radius 3 is 0.875 bits per heavy atom. The van der Waals surface area contributed by atoms with E-state index in [2.05, 4.69) is 23.2 Å². The van der Waals surface area contributed by atoms with Crippen LogP contribution in [-0.4, -0.2) is 59.7 Å². The average molecular weight is 688 g/mol. The molecular formula is C32H56B4F4O8. The highest BCUT2D eigenvalue weighted by Crippen LogP contribution is 2.17. The average Bonchev–Trinajstić information content (AvgIpc) is 3.01. The Bertz CT molecular complexity index is 854. The highest BCUT2D eigenvalue weighted by atomic mass is 19.1. The van der Waals surface area contributed by atoms with Crippen LogP contribution in [0.3, 0.4) is 0 Å². The molecule has 2 rings (SSSR count). The molecule has 48 heavy (non-hydrogen) atoms. The molecule has 0 aliphatic heterocycles. The van der Waals surface area contributed by atoms with Gasteiger partial charge in [-0.2, -0.15) is 0 Å². The van der Waals surface area contributed by atoms with Crippen LogP contribution >= 0.6 is 0 Å². The van der Waals surface area contributed by atoms with Gasteiger partial charge in [-0.25, -0.2) is 8.63 Å². The highest BCUT2D eigenvalue weighted by Gasteiger charge is 2.14. The third-order valence-electron chi connectivity index (χ3n) is 6.95. The Hall–Kier alpha value is -2.22. The molecule has 0 fully saturated rings. The van der Waals surface area contributed by atoms with E-state index in [9.17, 15) is 17.3 Å². The van der Waals surface area contributed by atoms with E-state index in [1.807, 2.05) is 24.3 Å². The van der Waals surface area contributed by atoms with E-state index in [1.165, 1.54) is 114 Å².